The molecule has 0 bridgehead atoms. The Morgan fingerprint density at radius 3 is 1.60 bits per heavy atom. The first kappa shape index (κ1) is 32.7. The molecule has 6 aromatic rings. The van der Waals surface area contributed by atoms with E-state index in [9.17, 15) is 4.79 Å². The quantitative estimate of drug-likeness (QED) is 0.0795. The van der Waals surface area contributed by atoms with Crippen LogP contribution in [0.2, 0.25) is 0 Å². The van der Waals surface area contributed by atoms with Gasteiger partial charge in [0.25, 0.3) is 0 Å². The number of allylic oxidation sites excluding steroid dienone is 2. The van der Waals surface area contributed by atoms with Crippen LogP contribution in [0.4, 0.5) is 0 Å². The van der Waals surface area contributed by atoms with Gasteiger partial charge in [-0.15, -0.1) is 47.2 Å². The summed E-state index contributed by atoms with van der Waals surface area (Å²) in [5, 5.41) is 11.0. The molecule has 2 aromatic carbocycles. The molecule has 1 radical (unpaired) electrons. The Kier molecular flexibility index (Phi) is 12.9. The van der Waals surface area contributed by atoms with E-state index < -0.39 is 0 Å². The van der Waals surface area contributed by atoms with E-state index in [1.54, 1.807) is 22.7 Å². The number of fused-ring (bicyclic) bond motifs is 2. The first-order valence-electron chi connectivity index (χ1n) is 12.9. The second kappa shape index (κ2) is 16.6. The van der Waals surface area contributed by atoms with Crippen molar-refractivity contribution >= 4 is 54.4 Å². The van der Waals surface area contributed by atoms with E-state index >= 15 is 0 Å². The van der Waals surface area contributed by atoms with Gasteiger partial charge < -0.3 is 19.9 Å². The van der Waals surface area contributed by atoms with Crippen LogP contribution in [0, 0.1) is 12.1 Å². The largest absolute Gasteiger partial charge is 0.512 e. The van der Waals surface area contributed by atoms with Gasteiger partial charge in [0.1, 0.15) is 5.78 Å². The standard InChI is InChI=1S/2C13H8NS.C8H12O3.Ir/c2*1-2-7-12-10(5-1)9-13(15-12)11-6-3-4-8-14-11;1-6(9)3-4-8(11)5-7(2)10;/h2*1-8H;5,10H,3-4H2,1-2H3;/q2*-1;;/p+1/b;;7-5-;. The number of thiophene rings is 2. The zero-order valence-corrected chi connectivity index (χ0v) is 27.1. The summed E-state index contributed by atoms with van der Waals surface area (Å²) in [5.41, 5.74) is 2.00. The van der Waals surface area contributed by atoms with Gasteiger partial charge in [0.05, 0.1) is 18.3 Å². The number of aromatic nitrogens is 2. The molecule has 2 N–H and O–H groups in total. The minimum Gasteiger partial charge on any atom is -0.512 e. The van der Waals surface area contributed by atoms with Crippen LogP contribution in [0.1, 0.15) is 26.7 Å². The number of hydrogen-bond donors (Lipinski definition) is 1. The van der Waals surface area contributed by atoms with Gasteiger partial charge in [-0.05, 0) is 45.1 Å². The monoisotopic (exact) mass is 770 g/mol. The van der Waals surface area contributed by atoms with Crippen molar-refractivity contribution in [2.24, 2.45) is 0 Å². The first-order chi connectivity index (χ1) is 19.9. The maximum Gasteiger partial charge on any atom is 0.320 e. The summed E-state index contributed by atoms with van der Waals surface area (Å²) >= 11 is 3.46. The van der Waals surface area contributed by atoms with Gasteiger partial charge in [-0.1, -0.05) is 48.5 Å². The van der Waals surface area contributed by atoms with E-state index in [-0.39, 0.29) is 37.4 Å². The van der Waals surface area contributed by atoms with Crippen LogP contribution in [-0.2, 0) is 24.9 Å². The molecule has 0 spiro atoms. The number of pyridine rings is 2. The Balaban J connectivity index is 0.000000174. The van der Waals surface area contributed by atoms with E-state index in [2.05, 4.69) is 58.5 Å². The van der Waals surface area contributed by atoms with Gasteiger partial charge in [-0.3, -0.25) is 4.79 Å². The molecule has 8 heteroatoms. The van der Waals surface area contributed by atoms with Crippen molar-refractivity contribution in [1.82, 2.24) is 9.97 Å². The molecule has 0 unspecified atom stereocenters. The molecule has 4 heterocycles. The van der Waals surface area contributed by atoms with E-state index in [1.807, 2.05) is 60.9 Å². The molecule has 0 aliphatic carbocycles. The van der Waals surface area contributed by atoms with Crippen LogP contribution in [0.5, 0.6) is 0 Å². The molecule has 6 rings (SSSR count). The van der Waals surface area contributed by atoms with Crippen molar-refractivity contribution in [2.45, 2.75) is 26.7 Å². The fourth-order valence-electron chi connectivity index (χ4n) is 3.68. The number of ketones is 2. The van der Waals surface area contributed by atoms with Crippen LogP contribution in [0.25, 0.3) is 41.3 Å². The average Bonchev–Trinajstić information content (AvgIpc) is 3.62. The van der Waals surface area contributed by atoms with Gasteiger partial charge in [0, 0.05) is 50.3 Å². The average molecular weight is 770 g/mol. The fourth-order valence-corrected chi connectivity index (χ4v) is 5.64. The third-order valence-electron chi connectivity index (χ3n) is 5.60. The van der Waals surface area contributed by atoms with E-state index in [4.69, 9.17) is 9.90 Å². The normalized spacial score (nSPS) is 10.6. The Hall–Kier alpha value is -3.81. The number of hydrogen-bond acceptors (Lipinski definition) is 6. The Labute approximate surface area is 267 Å². The summed E-state index contributed by atoms with van der Waals surface area (Å²) in [4.78, 5) is 30.3. The molecule has 0 amide bonds. The van der Waals surface area contributed by atoms with Gasteiger partial charge in [0.2, 0.25) is 0 Å². The topological polar surface area (TPSA) is 84.5 Å². The minimum atomic E-state index is 0. The second-order valence-corrected chi connectivity index (χ2v) is 11.1. The summed E-state index contributed by atoms with van der Waals surface area (Å²) in [6.45, 7) is 2.92. The van der Waals surface area contributed by atoms with Crippen molar-refractivity contribution in [3.63, 3.8) is 0 Å². The summed E-state index contributed by atoms with van der Waals surface area (Å²) in [6, 6.07) is 35.2. The first-order valence-corrected chi connectivity index (χ1v) is 14.6. The Morgan fingerprint density at radius 1 is 0.762 bits per heavy atom. The van der Waals surface area contributed by atoms with E-state index in [1.165, 1.54) is 40.1 Å². The van der Waals surface area contributed by atoms with Crippen molar-refractivity contribution < 1.29 is 34.8 Å². The number of rotatable bonds is 6. The third kappa shape index (κ3) is 9.93. The molecular formula is C34H29IrN2O3S2-. The molecular weight excluding hydrogens is 741 g/mol. The number of carbonyl (C=O) groups is 1. The van der Waals surface area contributed by atoms with Gasteiger partial charge in [-0.25, -0.2) is 22.7 Å². The number of benzene rings is 2. The van der Waals surface area contributed by atoms with Crippen LogP contribution < -0.4 is 0 Å². The number of aliphatic hydroxyl groups is 1. The second-order valence-electron chi connectivity index (χ2n) is 9.01. The SMILES string of the molecule is CC(=O)CCC(=[OH+])/C=C(/C)O.[Ir].[c-]1c(-c2ccccn2)sc2ccccc12.[c-]1c(-c2ccccn2)sc2ccccc12. The molecule has 0 atom stereocenters. The summed E-state index contributed by atoms with van der Waals surface area (Å²) in [5.74, 6) is 0.117. The van der Waals surface area contributed by atoms with E-state index in [0.29, 0.717) is 12.8 Å². The third-order valence-corrected chi connectivity index (χ3v) is 7.78. The predicted molar refractivity (Wildman–Crippen MR) is 171 cm³/mol. The van der Waals surface area contributed by atoms with Crippen LogP contribution in [0.15, 0.2) is 109 Å². The molecule has 0 saturated carbocycles. The Bertz CT molecular complexity index is 1580. The van der Waals surface area contributed by atoms with Crippen molar-refractivity contribution in [2.75, 3.05) is 0 Å². The van der Waals surface area contributed by atoms with Crippen molar-refractivity contribution in [3.05, 3.63) is 121 Å². The number of carbonyl (C=O) groups excluding carboxylic acids is 2. The molecule has 0 saturated heterocycles. The zero-order valence-electron chi connectivity index (χ0n) is 23.1. The number of nitrogens with zero attached hydrogens (tertiary/aromatic N) is 2. The maximum atomic E-state index is 10.4. The molecule has 0 fully saturated rings. The fraction of sp³-hybridized carbons (Fsp3) is 0.118. The number of aliphatic hydroxyl groups excluding tert-OH is 1. The van der Waals surface area contributed by atoms with Gasteiger partial charge in [0.15, 0.2) is 0 Å². The van der Waals surface area contributed by atoms with Crippen LogP contribution in [-0.4, -0.2) is 31.4 Å². The Morgan fingerprint density at radius 2 is 1.21 bits per heavy atom. The molecule has 42 heavy (non-hydrogen) atoms. The summed E-state index contributed by atoms with van der Waals surface area (Å²) in [7, 11) is 0. The molecule has 215 valence electrons. The van der Waals surface area contributed by atoms with E-state index in [0.717, 1.165) is 21.1 Å². The molecule has 0 aliphatic heterocycles. The van der Waals surface area contributed by atoms with Crippen LogP contribution >= 0.6 is 22.7 Å². The minimum absolute atomic E-state index is 0. The molecule has 0 aliphatic rings. The summed E-state index contributed by atoms with van der Waals surface area (Å²) < 4.78 is 2.52. The zero-order chi connectivity index (χ0) is 29.0. The van der Waals surface area contributed by atoms with Crippen molar-refractivity contribution in [1.29, 1.82) is 0 Å². The molecule has 5 nitrogen and oxygen atoms in total. The smallest absolute Gasteiger partial charge is 0.320 e. The predicted octanol–water partition coefficient (Wildman–Crippen LogP) is 8.89. The van der Waals surface area contributed by atoms with Crippen molar-refractivity contribution in [3.8, 4) is 21.1 Å². The van der Waals surface area contributed by atoms with Gasteiger partial charge in [-0.2, -0.15) is 0 Å². The maximum absolute atomic E-state index is 10.4. The number of Topliss-reactive ketones (excluding diaryl/α,β-unsaturated/α-hetero) is 1. The molecule has 4 aromatic heterocycles. The summed E-state index contributed by atoms with van der Waals surface area (Å²) in [6.07, 6.45) is 5.48. The van der Waals surface area contributed by atoms with Gasteiger partial charge >= 0.3 is 5.78 Å². The van der Waals surface area contributed by atoms with Crippen LogP contribution in [0.3, 0.4) is 0 Å².